The first kappa shape index (κ1) is 14.5. The summed E-state index contributed by atoms with van der Waals surface area (Å²) in [7, 11) is -1.37. The van der Waals surface area contributed by atoms with Crippen LogP contribution in [0.1, 0.15) is 5.56 Å². The second-order valence-electron chi connectivity index (χ2n) is 5.29. The van der Waals surface area contributed by atoms with E-state index in [1.807, 2.05) is 36.9 Å². The molecule has 3 aromatic rings. The predicted molar refractivity (Wildman–Crippen MR) is 87.1 cm³/mol. The van der Waals surface area contributed by atoms with E-state index in [0.717, 1.165) is 34.2 Å². The molecule has 22 heavy (non-hydrogen) atoms. The third-order valence-corrected chi connectivity index (χ3v) is 3.98. The number of rotatable bonds is 3. The van der Waals surface area contributed by atoms with Crippen LogP contribution >= 0.6 is 0 Å². The quantitative estimate of drug-likeness (QED) is 0.804. The Labute approximate surface area is 128 Å². The number of fused-ring (bicyclic) bond motifs is 1. The molecule has 0 bridgehead atoms. The lowest BCUT2D eigenvalue weighted by Crippen LogP contribution is -2.09. The number of imidazole rings is 1. The monoisotopic (exact) mass is 316 g/mol. The largest absolute Gasteiger partial charge is 0.333 e. The van der Waals surface area contributed by atoms with Gasteiger partial charge in [0.05, 0.1) is 11.8 Å². The Morgan fingerprint density at radius 3 is 2.64 bits per heavy atom. The molecule has 0 saturated carbocycles. The van der Waals surface area contributed by atoms with Gasteiger partial charge in [-0.15, -0.1) is 0 Å². The molecule has 3 rings (SSSR count). The predicted octanol–water partition coefficient (Wildman–Crippen LogP) is 2.32. The normalized spacial score (nSPS) is 11.8. The van der Waals surface area contributed by atoms with Crippen molar-refractivity contribution >= 4 is 26.6 Å². The van der Waals surface area contributed by atoms with Gasteiger partial charge in [-0.3, -0.25) is 4.72 Å². The van der Waals surface area contributed by atoms with Crippen molar-refractivity contribution in [2.75, 3.05) is 11.0 Å². The minimum Gasteiger partial charge on any atom is -0.333 e. The van der Waals surface area contributed by atoms with Crippen LogP contribution in [0.3, 0.4) is 0 Å². The Morgan fingerprint density at radius 2 is 2.00 bits per heavy atom. The standard InChI is InChI=1S/C15H16N4O2S/c1-10-8-14(15-16-6-7-19(15)2)17-13-5-4-11(9-12(10)13)18-22(3,20)21/h4-9,18H,1-3H3. The van der Waals surface area contributed by atoms with Gasteiger partial charge in [0, 0.05) is 30.5 Å². The third kappa shape index (κ3) is 2.80. The number of sulfonamides is 1. The molecule has 0 fully saturated rings. The van der Waals surface area contributed by atoms with Crippen LogP contribution in [-0.4, -0.2) is 29.2 Å². The number of aromatic nitrogens is 3. The smallest absolute Gasteiger partial charge is 0.229 e. The molecule has 0 aliphatic heterocycles. The molecule has 0 amide bonds. The average molecular weight is 316 g/mol. The van der Waals surface area contributed by atoms with E-state index in [9.17, 15) is 8.42 Å². The molecule has 0 spiro atoms. The highest BCUT2D eigenvalue weighted by molar-refractivity contribution is 7.92. The van der Waals surface area contributed by atoms with Gasteiger partial charge in [0.25, 0.3) is 0 Å². The lowest BCUT2D eigenvalue weighted by molar-refractivity contribution is 0.607. The molecule has 114 valence electrons. The summed E-state index contributed by atoms with van der Waals surface area (Å²) in [5.41, 5.74) is 3.14. The van der Waals surface area contributed by atoms with Gasteiger partial charge in [0.1, 0.15) is 5.69 Å². The molecule has 0 unspecified atom stereocenters. The van der Waals surface area contributed by atoms with Crippen molar-refractivity contribution in [3.63, 3.8) is 0 Å². The Bertz CT molecular complexity index is 961. The summed E-state index contributed by atoms with van der Waals surface area (Å²) >= 11 is 0. The van der Waals surface area contributed by atoms with E-state index in [2.05, 4.69) is 14.7 Å². The number of hydrogen-bond acceptors (Lipinski definition) is 4. The molecule has 1 N–H and O–H groups in total. The van der Waals surface area contributed by atoms with E-state index in [1.54, 1.807) is 18.3 Å². The Hall–Kier alpha value is -2.41. The second kappa shape index (κ2) is 5.10. The van der Waals surface area contributed by atoms with Gasteiger partial charge < -0.3 is 4.57 Å². The van der Waals surface area contributed by atoms with Crippen LogP contribution in [0.4, 0.5) is 5.69 Å². The first-order valence-electron chi connectivity index (χ1n) is 6.70. The van der Waals surface area contributed by atoms with Crippen LogP contribution in [0, 0.1) is 6.92 Å². The molecule has 0 aliphatic carbocycles. The first-order chi connectivity index (χ1) is 10.3. The molecule has 0 aliphatic rings. The van der Waals surface area contributed by atoms with Crippen molar-refractivity contribution < 1.29 is 8.42 Å². The van der Waals surface area contributed by atoms with Crippen molar-refractivity contribution in [3.8, 4) is 11.5 Å². The molecular weight excluding hydrogens is 300 g/mol. The molecule has 6 nitrogen and oxygen atoms in total. The highest BCUT2D eigenvalue weighted by Gasteiger charge is 2.10. The number of hydrogen-bond donors (Lipinski definition) is 1. The van der Waals surface area contributed by atoms with Gasteiger partial charge in [0.15, 0.2) is 5.82 Å². The first-order valence-corrected chi connectivity index (χ1v) is 8.59. The van der Waals surface area contributed by atoms with E-state index in [0.29, 0.717) is 5.69 Å². The van der Waals surface area contributed by atoms with E-state index >= 15 is 0 Å². The summed E-state index contributed by atoms with van der Waals surface area (Å²) in [6.07, 6.45) is 4.73. The Balaban J connectivity index is 2.13. The Kier molecular flexibility index (Phi) is 3.37. The van der Waals surface area contributed by atoms with Gasteiger partial charge in [-0.25, -0.2) is 18.4 Å². The highest BCUT2D eigenvalue weighted by atomic mass is 32.2. The molecule has 0 saturated heterocycles. The zero-order valence-corrected chi connectivity index (χ0v) is 13.3. The van der Waals surface area contributed by atoms with Gasteiger partial charge in [-0.2, -0.15) is 0 Å². The summed E-state index contributed by atoms with van der Waals surface area (Å²) in [6.45, 7) is 1.97. The third-order valence-electron chi connectivity index (χ3n) is 3.37. The number of aryl methyl sites for hydroxylation is 2. The van der Waals surface area contributed by atoms with Crippen molar-refractivity contribution in [1.82, 2.24) is 14.5 Å². The van der Waals surface area contributed by atoms with E-state index in [-0.39, 0.29) is 0 Å². The van der Waals surface area contributed by atoms with Crippen molar-refractivity contribution in [2.24, 2.45) is 7.05 Å². The average Bonchev–Trinajstić information content (AvgIpc) is 2.84. The molecule has 2 heterocycles. The lowest BCUT2D eigenvalue weighted by Gasteiger charge is -2.09. The summed E-state index contributed by atoms with van der Waals surface area (Å²) in [4.78, 5) is 8.93. The summed E-state index contributed by atoms with van der Waals surface area (Å²) in [5.74, 6) is 0.795. The molecule has 0 atom stereocenters. The lowest BCUT2D eigenvalue weighted by atomic mass is 10.1. The summed E-state index contributed by atoms with van der Waals surface area (Å²) in [5, 5.41) is 0.909. The molecule has 7 heteroatoms. The number of anilines is 1. The molecule has 1 aromatic carbocycles. The number of nitrogens with one attached hydrogen (secondary N) is 1. The maximum Gasteiger partial charge on any atom is 0.229 e. The number of pyridine rings is 1. The minimum absolute atomic E-state index is 0.532. The van der Waals surface area contributed by atoms with Gasteiger partial charge >= 0.3 is 0 Å². The second-order valence-corrected chi connectivity index (χ2v) is 7.04. The summed E-state index contributed by atoms with van der Waals surface area (Å²) in [6, 6.07) is 7.26. The fourth-order valence-corrected chi connectivity index (χ4v) is 2.95. The molecular formula is C15H16N4O2S. The maximum atomic E-state index is 11.3. The molecule has 0 radical (unpaired) electrons. The van der Waals surface area contributed by atoms with Crippen LogP contribution in [0.5, 0.6) is 0 Å². The van der Waals surface area contributed by atoms with Gasteiger partial charge in [0.2, 0.25) is 10.0 Å². The van der Waals surface area contributed by atoms with Gasteiger partial charge in [-0.1, -0.05) is 0 Å². The van der Waals surface area contributed by atoms with Crippen LogP contribution in [0.15, 0.2) is 36.7 Å². The van der Waals surface area contributed by atoms with Gasteiger partial charge in [-0.05, 0) is 36.8 Å². The van der Waals surface area contributed by atoms with Crippen LogP contribution < -0.4 is 4.72 Å². The zero-order chi connectivity index (χ0) is 15.9. The minimum atomic E-state index is -3.29. The van der Waals surface area contributed by atoms with Crippen LogP contribution in [0.2, 0.25) is 0 Å². The SMILES string of the molecule is Cc1cc(-c2nccn2C)nc2ccc(NS(C)(=O)=O)cc12. The van der Waals surface area contributed by atoms with E-state index < -0.39 is 10.0 Å². The van der Waals surface area contributed by atoms with Crippen molar-refractivity contribution in [1.29, 1.82) is 0 Å². The van der Waals surface area contributed by atoms with E-state index in [4.69, 9.17) is 0 Å². The maximum absolute atomic E-state index is 11.3. The van der Waals surface area contributed by atoms with E-state index in [1.165, 1.54) is 0 Å². The van der Waals surface area contributed by atoms with Crippen molar-refractivity contribution in [2.45, 2.75) is 6.92 Å². The topological polar surface area (TPSA) is 76.9 Å². The van der Waals surface area contributed by atoms with Crippen LogP contribution in [0.25, 0.3) is 22.4 Å². The number of benzene rings is 1. The number of nitrogens with zero attached hydrogens (tertiary/aromatic N) is 3. The fourth-order valence-electron chi connectivity index (χ4n) is 2.40. The summed E-state index contributed by atoms with van der Waals surface area (Å²) < 4.78 is 27.1. The van der Waals surface area contributed by atoms with Crippen LogP contribution in [-0.2, 0) is 17.1 Å². The fraction of sp³-hybridized carbons (Fsp3) is 0.200. The highest BCUT2D eigenvalue weighted by Crippen LogP contribution is 2.25. The van der Waals surface area contributed by atoms with Crippen molar-refractivity contribution in [3.05, 3.63) is 42.2 Å². The molecule has 2 aromatic heterocycles. The Morgan fingerprint density at radius 1 is 1.23 bits per heavy atom. The zero-order valence-electron chi connectivity index (χ0n) is 12.5.